The number of halogens is 1. The molecule has 110 valence electrons. The Hall–Kier alpha value is -2.56. The lowest BCUT2D eigenvalue weighted by molar-refractivity contribution is 0.252. The summed E-state index contributed by atoms with van der Waals surface area (Å²) in [7, 11) is 1.59. The molecule has 2 N–H and O–H groups in total. The first-order chi connectivity index (χ1) is 10.2. The van der Waals surface area contributed by atoms with Crippen molar-refractivity contribution in [1.82, 2.24) is 5.32 Å². The number of amides is 2. The molecule has 0 aliphatic rings. The fraction of sp³-hybridized carbons (Fsp3) is 0.188. The van der Waals surface area contributed by atoms with Crippen molar-refractivity contribution in [1.29, 1.82) is 0 Å². The molecular weight excluding hydrogens is 271 g/mol. The van der Waals surface area contributed by atoms with Crippen LogP contribution in [0, 0.1) is 5.82 Å². The van der Waals surface area contributed by atoms with Crippen molar-refractivity contribution in [3.05, 3.63) is 59.9 Å². The first-order valence-electron chi connectivity index (χ1n) is 6.61. The molecule has 0 unspecified atom stereocenters. The summed E-state index contributed by atoms with van der Waals surface area (Å²) < 4.78 is 17.8. The normalized spacial score (nSPS) is 10.0. The van der Waals surface area contributed by atoms with Crippen LogP contribution in [0.25, 0.3) is 0 Å². The molecule has 0 fully saturated rings. The molecule has 5 heteroatoms. The number of nitrogens with one attached hydrogen (secondary N) is 2. The zero-order valence-corrected chi connectivity index (χ0v) is 11.7. The molecule has 4 nitrogen and oxygen atoms in total. The largest absolute Gasteiger partial charge is 0.497 e. The van der Waals surface area contributed by atoms with Crippen LogP contribution in [0.1, 0.15) is 5.56 Å². The van der Waals surface area contributed by atoms with E-state index in [1.807, 2.05) is 0 Å². The first-order valence-corrected chi connectivity index (χ1v) is 6.61. The van der Waals surface area contributed by atoms with E-state index < -0.39 is 0 Å². The standard InChI is InChI=1S/C16H17FN2O2/c1-21-15-8-6-14(7-9-15)19-16(20)18-11-10-12-2-4-13(17)5-3-12/h2-9H,10-11H2,1H3,(H2,18,19,20). The minimum absolute atomic E-state index is 0.260. The van der Waals surface area contributed by atoms with Crippen molar-refractivity contribution in [3.8, 4) is 5.75 Å². The fourth-order valence-electron chi connectivity index (χ4n) is 1.82. The maximum absolute atomic E-state index is 12.7. The summed E-state index contributed by atoms with van der Waals surface area (Å²) in [5.74, 6) is 0.473. The smallest absolute Gasteiger partial charge is 0.319 e. The highest BCUT2D eigenvalue weighted by molar-refractivity contribution is 5.89. The monoisotopic (exact) mass is 288 g/mol. The Bertz CT molecular complexity index is 582. The molecule has 21 heavy (non-hydrogen) atoms. The number of carbonyl (C=O) groups excluding carboxylic acids is 1. The van der Waals surface area contributed by atoms with E-state index in [4.69, 9.17) is 4.74 Å². The first kappa shape index (κ1) is 14.8. The van der Waals surface area contributed by atoms with E-state index in [1.165, 1.54) is 12.1 Å². The summed E-state index contributed by atoms with van der Waals surface area (Å²) in [5, 5.41) is 5.47. The fourth-order valence-corrected chi connectivity index (χ4v) is 1.82. The number of hydrogen-bond donors (Lipinski definition) is 2. The van der Waals surface area contributed by atoms with Crippen molar-refractivity contribution in [3.63, 3.8) is 0 Å². The van der Waals surface area contributed by atoms with Crippen molar-refractivity contribution >= 4 is 11.7 Å². The predicted octanol–water partition coefficient (Wildman–Crippen LogP) is 3.20. The summed E-state index contributed by atoms with van der Waals surface area (Å²) in [5.41, 5.74) is 1.66. The molecule has 0 aliphatic carbocycles. The topological polar surface area (TPSA) is 50.4 Å². The molecule has 0 aliphatic heterocycles. The summed E-state index contributed by atoms with van der Waals surface area (Å²) in [6.45, 7) is 0.480. The lowest BCUT2D eigenvalue weighted by Gasteiger charge is -2.08. The average Bonchev–Trinajstić information content (AvgIpc) is 2.50. The van der Waals surface area contributed by atoms with Crippen LogP contribution in [0.2, 0.25) is 0 Å². The van der Waals surface area contributed by atoms with Gasteiger partial charge in [0.2, 0.25) is 0 Å². The van der Waals surface area contributed by atoms with Gasteiger partial charge in [0, 0.05) is 12.2 Å². The Morgan fingerprint density at radius 1 is 1.10 bits per heavy atom. The van der Waals surface area contributed by atoms with E-state index in [2.05, 4.69) is 10.6 Å². The highest BCUT2D eigenvalue weighted by Crippen LogP contribution is 2.14. The van der Waals surface area contributed by atoms with Gasteiger partial charge in [-0.1, -0.05) is 12.1 Å². The lowest BCUT2D eigenvalue weighted by Crippen LogP contribution is -2.30. The average molecular weight is 288 g/mol. The van der Waals surface area contributed by atoms with Crippen LogP contribution < -0.4 is 15.4 Å². The van der Waals surface area contributed by atoms with Crippen molar-refractivity contribution in [2.75, 3.05) is 19.0 Å². The molecule has 0 bridgehead atoms. The second-order valence-electron chi connectivity index (χ2n) is 4.49. The van der Waals surface area contributed by atoms with Crippen LogP contribution in [-0.4, -0.2) is 19.7 Å². The van der Waals surface area contributed by atoms with Gasteiger partial charge in [-0.2, -0.15) is 0 Å². The van der Waals surface area contributed by atoms with Gasteiger partial charge in [-0.05, 0) is 48.4 Å². The number of methoxy groups -OCH3 is 1. The van der Waals surface area contributed by atoms with Gasteiger partial charge in [0.25, 0.3) is 0 Å². The van der Waals surface area contributed by atoms with Gasteiger partial charge < -0.3 is 15.4 Å². The summed E-state index contributed by atoms with van der Waals surface area (Å²) in [6.07, 6.45) is 0.649. The Kier molecular flexibility index (Phi) is 5.15. The number of carbonyl (C=O) groups is 1. The number of benzene rings is 2. The van der Waals surface area contributed by atoms with Crippen LogP contribution >= 0.6 is 0 Å². The van der Waals surface area contributed by atoms with E-state index in [1.54, 1.807) is 43.5 Å². The molecule has 0 heterocycles. The summed E-state index contributed by atoms with van der Waals surface area (Å²) >= 11 is 0. The van der Waals surface area contributed by atoms with Crippen LogP contribution in [0.5, 0.6) is 5.75 Å². The van der Waals surface area contributed by atoms with E-state index >= 15 is 0 Å². The van der Waals surface area contributed by atoms with E-state index in [9.17, 15) is 9.18 Å². The third kappa shape index (κ3) is 4.80. The minimum atomic E-state index is -0.276. The van der Waals surface area contributed by atoms with Gasteiger partial charge in [-0.15, -0.1) is 0 Å². The third-order valence-corrected chi connectivity index (χ3v) is 2.96. The molecule has 0 atom stereocenters. The van der Waals surface area contributed by atoms with Crippen LogP contribution in [0.3, 0.4) is 0 Å². The Morgan fingerprint density at radius 2 is 1.76 bits per heavy atom. The second kappa shape index (κ2) is 7.28. The molecule has 0 aromatic heterocycles. The summed E-state index contributed by atoms with van der Waals surface area (Å²) in [6, 6.07) is 13.0. The number of rotatable bonds is 5. The van der Waals surface area contributed by atoms with Crippen LogP contribution in [-0.2, 0) is 6.42 Å². The molecule has 2 aromatic carbocycles. The highest BCUT2D eigenvalue weighted by atomic mass is 19.1. The Morgan fingerprint density at radius 3 is 2.38 bits per heavy atom. The van der Waals surface area contributed by atoms with Crippen molar-refractivity contribution in [2.45, 2.75) is 6.42 Å². The lowest BCUT2D eigenvalue weighted by atomic mass is 10.1. The number of urea groups is 1. The highest BCUT2D eigenvalue weighted by Gasteiger charge is 2.02. The second-order valence-corrected chi connectivity index (χ2v) is 4.49. The number of ether oxygens (including phenoxy) is 1. The Balaban J connectivity index is 1.75. The van der Waals surface area contributed by atoms with Gasteiger partial charge in [-0.3, -0.25) is 0 Å². The molecule has 2 aromatic rings. The van der Waals surface area contributed by atoms with Gasteiger partial charge >= 0.3 is 6.03 Å². The SMILES string of the molecule is COc1ccc(NC(=O)NCCc2ccc(F)cc2)cc1. The molecule has 2 rings (SSSR count). The van der Waals surface area contributed by atoms with Crippen molar-refractivity contribution in [2.24, 2.45) is 0 Å². The van der Waals surface area contributed by atoms with Gasteiger partial charge in [0.1, 0.15) is 11.6 Å². The zero-order valence-electron chi connectivity index (χ0n) is 11.7. The van der Waals surface area contributed by atoms with Crippen molar-refractivity contribution < 1.29 is 13.9 Å². The zero-order chi connectivity index (χ0) is 15.1. The molecule has 0 radical (unpaired) electrons. The van der Waals surface area contributed by atoms with Crippen LogP contribution in [0.4, 0.5) is 14.9 Å². The quantitative estimate of drug-likeness (QED) is 0.887. The number of anilines is 1. The maximum atomic E-state index is 12.7. The van der Waals surface area contributed by atoms with Gasteiger partial charge in [0.05, 0.1) is 7.11 Å². The predicted molar refractivity (Wildman–Crippen MR) is 80.1 cm³/mol. The number of hydrogen-bond acceptors (Lipinski definition) is 2. The molecular formula is C16H17FN2O2. The minimum Gasteiger partial charge on any atom is -0.497 e. The molecule has 0 saturated heterocycles. The van der Waals surface area contributed by atoms with E-state index in [0.717, 1.165) is 11.3 Å². The third-order valence-electron chi connectivity index (χ3n) is 2.96. The molecule has 0 saturated carbocycles. The molecule has 2 amide bonds. The summed E-state index contributed by atoms with van der Waals surface area (Å²) in [4.78, 5) is 11.7. The molecule has 0 spiro atoms. The van der Waals surface area contributed by atoms with Gasteiger partial charge in [-0.25, -0.2) is 9.18 Å². The Labute approximate surface area is 122 Å². The van der Waals surface area contributed by atoms with E-state index in [0.29, 0.717) is 18.7 Å². The van der Waals surface area contributed by atoms with Gasteiger partial charge in [0.15, 0.2) is 0 Å². The van der Waals surface area contributed by atoms with Crippen LogP contribution in [0.15, 0.2) is 48.5 Å². The van der Waals surface area contributed by atoms with E-state index in [-0.39, 0.29) is 11.8 Å². The maximum Gasteiger partial charge on any atom is 0.319 e.